The van der Waals surface area contributed by atoms with Crippen LogP contribution in [0.2, 0.25) is 0 Å². The van der Waals surface area contributed by atoms with Gasteiger partial charge in [0.1, 0.15) is 0 Å². The molecule has 1 aromatic rings. The number of nitrogen functional groups attached to an aromatic ring is 1. The first-order valence-electron chi connectivity index (χ1n) is 7.79. The van der Waals surface area contributed by atoms with Gasteiger partial charge in [0.25, 0.3) is 5.91 Å². The summed E-state index contributed by atoms with van der Waals surface area (Å²) in [6.45, 7) is 5.88. The first kappa shape index (κ1) is 14.9. The molecule has 1 aliphatic heterocycles. The van der Waals surface area contributed by atoms with Crippen LogP contribution >= 0.6 is 0 Å². The Hall–Kier alpha value is -1.52. The fourth-order valence-corrected chi connectivity index (χ4v) is 3.03. The predicted octanol–water partition coefficient (Wildman–Crippen LogP) is 2.60. The third-order valence-electron chi connectivity index (χ3n) is 4.27. The Labute approximate surface area is 120 Å². The van der Waals surface area contributed by atoms with Crippen molar-refractivity contribution in [1.29, 1.82) is 0 Å². The van der Waals surface area contributed by atoms with Crippen molar-refractivity contribution in [3.63, 3.8) is 0 Å². The SMILES string of the molecule is CCCC1CCCN(C(=O)c2n[nH]c(CC)c2N)CC1. The quantitative estimate of drug-likeness (QED) is 0.889. The lowest BCUT2D eigenvalue weighted by molar-refractivity contribution is 0.0755. The number of amides is 1. The zero-order valence-corrected chi connectivity index (χ0v) is 12.6. The molecule has 5 heteroatoms. The molecule has 1 aliphatic rings. The molecular formula is C15H26N4O. The fraction of sp³-hybridized carbons (Fsp3) is 0.733. The zero-order chi connectivity index (χ0) is 14.5. The number of anilines is 1. The van der Waals surface area contributed by atoms with E-state index < -0.39 is 0 Å². The number of hydrogen-bond acceptors (Lipinski definition) is 3. The number of carbonyl (C=O) groups excluding carboxylic acids is 1. The van der Waals surface area contributed by atoms with Crippen molar-refractivity contribution < 1.29 is 4.79 Å². The molecule has 0 radical (unpaired) electrons. The summed E-state index contributed by atoms with van der Waals surface area (Å²) in [6, 6.07) is 0. The standard InChI is InChI=1S/C15H26N4O/c1-3-6-11-7-5-9-19(10-8-11)15(20)14-13(16)12(4-2)17-18-14/h11H,3-10,16H2,1-2H3,(H,17,18). The summed E-state index contributed by atoms with van der Waals surface area (Å²) in [5.74, 6) is 0.746. The first-order chi connectivity index (χ1) is 9.67. The van der Waals surface area contributed by atoms with Crippen LogP contribution in [0.3, 0.4) is 0 Å². The zero-order valence-electron chi connectivity index (χ0n) is 12.6. The van der Waals surface area contributed by atoms with Crippen LogP contribution in [0.15, 0.2) is 0 Å². The molecule has 1 saturated heterocycles. The highest BCUT2D eigenvalue weighted by molar-refractivity contribution is 5.97. The lowest BCUT2D eigenvalue weighted by atomic mass is 9.96. The molecule has 0 saturated carbocycles. The van der Waals surface area contributed by atoms with Crippen LogP contribution in [0.5, 0.6) is 0 Å². The van der Waals surface area contributed by atoms with E-state index in [2.05, 4.69) is 17.1 Å². The molecule has 1 amide bonds. The van der Waals surface area contributed by atoms with Gasteiger partial charge in [0, 0.05) is 13.1 Å². The number of nitrogens with zero attached hydrogens (tertiary/aromatic N) is 2. The minimum absolute atomic E-state index is 0.0180. The molecule has 1 unspecified atom stereocenters. The topological polar surface area (TPSA) is 75.0 Å². The average Bonchev–Trinajstić information content (AvgIpc) is 2.67. The molecular weight excluding hydrogens is 252 g/mol. The highest BCUT2D eigenvalue weighted by Crippen LogP contribution is 2.24. The number of likely N-dealkylation sites (tertiary alicyclic amines) is 1. The number of hydrogen-bond donors (Lipinski definition) is 2. The molecule has 112 valence electrons. The molecule has 0 aliphatic carbocycles. The normalized spacial score (nSPS) is 19.9. The summed E-state index contributed by atoms with van der Waals surface area (Å²) in [4.78, 5) is 14.4. The van der Waals surface area contributed by atoms with Gasteiger partial charge < -0.3 is 10.6 Å². The van der Waals surface area contributed by atoms with Crippen LogP contribution in [-0.4, -0.2) is 34.1 Å². The molecule has 3 N–H and O–H groups in total. The number of H-pyrrole nitrogens is 1. The van der Waals surface area contributed by atoms with Crippen LogP contribution in [0.25, 0.3) is 0 Å². The largest absolute Gasteiger partial charge is 0.395 e. The fourth-order valence-electron chi connectivity index (χ4n) is 3.03. The Balaban J connectivity index is 2.03. The Morgan fingerprint density at radius 1 is 1.40 bits per heavy atom. The number of aromatic amines is 1. The van der Waals surface area contributed by atoms with E-state index in [9.17, 15) is 4.79 Å². The van der Waals surface area contributed by atoms with E-state index in [0.717, 1.165) is 44.0 Å². The van der Waals surface area contributed by atoms with Gasteiger partial charge in [0.05, 0.1) is 11.4 Å². The van der Waals surface area contributed by atoms with Gasteiger partial charge in [-0.15, -0.1) is 0 Å². The molecule has 1 atom stereocenters. The number of nitrogens with one attached hydrogen (secondary N) is 1. The van der Waals surface area contributed by atoms with Crippen LogP contribution in [0.1, 0.15) is 62.1 Å². The Bertz CT molecular complexity index is 455. The van der Waals surface area contributed by atoms with E-state index in [0.29, 0.717) is 11.4 Å². The Kier molecular flexibility index (Phi) is 5.04. The monoisotopic (exact) mass is 278 g/mol. The number of nitrogens with two attached hydrogens (primary N) is 1. The maximum atomic E-state index is 12.5. The highest BCUT2D eigenvalue weighted by atomic mass is 16.2. The van der Waals surface area contributed by atoms with E-state index in [1.54, 1.807) is 0 Å². The lowest BCUT2D eigenvalue weighted by Crippen LogP contribution is -2.32. The van der Waals surface area contributed by atoms with E-state index in [1.165, 1.54) is 19.3 Å². The van der Waals surface area contributed by atoms with Gasteiger partial charge in [-0.3, -0.25) is 9.89 Å². The average molecular weight is 278 g/mol. The molecule has 20 heavy (non-hydrogen) atoms. The second-order valence-corrected chi connectivity index (χ2v) is 5.70. The molecule has 5 nitrogen and oxygen atoms in total. The van der Waals surface area contributed by atoms with Crippen LogP contribution < -0.4 is 5.73 Å². The second-order valence-electron chi connectivity index (χ2n) is 5.70. The van der Waals surface area contributed by atoms with Crippen LogP contribution in [0.4, 0.5) is 5.69 Å². The van der Waals surface area contributed by atoms with Gasteiger partial charge in [-0.05, 0) is 31.6 Å². The highest BCUT2D eigenvalue weighted by Gasteiger charge is 2.25. The summed E-state index contributed by atoms with van der Waals surface area (Å²) in [5, 5.41) is 6.97. The summed E-state index contributed by atoms with van der Waals surface area (Å²) in [5.41, 5.74) is 7.77. The molecule has 2 rings (SSSR count). The van der Waals surface area contributed by atoms with E-state index in [1.807, 2.05) is 11.8 Å². The minimum atomic E-state index is -0.0180. The number of carbonyl (C=O) groups is 1. The van der Waals surface area contributed by atoms with E-state index in [-0.39, 0.29) is 5.91 Å². The Morgan fingerprint density at radius 2 is 2.20 bits per heavy atom. The van der Waals surface area contributed by atoms with Crippen molar-refractivity contribution in [3.05, 3.63) is 11.4 Å². The van der Waals surface area contributed by atoms with E-state index in [4.69, 9.17) is 5.73 Å². The number of rotatable bonds is 4. The maximum Gasteiger partial charge on any atom is 0.276 e. The van der Waals surface area contributed by atoms with E-state index >= 15 is 0 Å². The van der Waals surface area contributed by atoms with Crippen molar-refractivity contribution in [2.24, 2.45) is 5.92 Å². The molecule has 0 aromatic carbocycles. The minimum Gasteiger partial charge on any atom is -0.395 e. The van der Waals surface area contributed by atoms with Crippen molar-refractivity contribution in [3.8, 4) is 0 Å². The van der Waals surface area contributed by atoms with Gasteiger partial charge >= 0.3 is 0 Å². The van der Waals surface area contributed by atoms with Crippen molar-refractivity contribution in [2.75, 3.05) is 18.8 Å². The van der Waals surface area contributed by atoms with Gasteiger partial charge in [-0.25, -0.2) is 0 Å². The van der Waals surface area contributed by atoms with Gasteiger partial charge in [-0.1, -0.05) is 26.7 Å². The second kappa shape index (κ2) is 6.77. The predicted molar refractivity (Wildman–Crippen MR) is 80.5 cm³/mol. The smallest absolute Gasteiger partial charge is 0.276 e. The summed E-state index contributed by atoms with van der Waals surface area (Å²) >= 11 is 0. The number of aryl methyl sites for hydroxylation is 1. The van der Waals surface area contributed by atoms with Gasteiger partial charge in [-0.2, -0.15) is 5.10 Å². The van der Waals surface area contributed by atoms with Crippen molar-refractivity contribution in [1.82, 2.24) is 15.1 Å². The van der Waals surface area contributed by atoms with Crippen LogP contribution in [0, 0.1) is 5.92 Å². The number of aromatic nitrogens is 2. The van der Waals surface area contributed by atoms with Crippen LogP contribution in [-0.2, 0) is 6.42 Å². The van der Waals surface area contributed by atoms with Gasteiger partial charge in [0.2, 0.25) is 0 Å². The molecule has 0 spiro atoms. The molecule has 1 fully saturated rings. The molecule has 0 bridgehead atoms. The third kappa shape index (κ3) is 3.14. The third-order valence-corrected chi connectivity index (χ3v) is 4.27. The molecule has 2 heterocycles. The maximum absolute atomic E-state index is 12.5. The summed E-state index contributed by atoms with van der Waals surface area (Å²) in [6.07, 6.45) is 6.68. The van der Waals surface area contributed by atoms with Gasteiger partial charge in [0.15, 0.2) is 5.69 Å². The van der Waals surface area contributed by atoms with Crippen molar-refractivity contribution in [2.45, 2.75) is 52.4 Å². The Morgan fingerprint density at radius 3 is 2.85 bits per heavy atom. The molecule has 1 aromatic heterocycles. The summed E-state index contributed by atoms with van der Waals surface area (Å²) < 4.78 is 0. The summed E-state index contributed by atoms with van der Waals surface area (Å²) in [7, 11) is 0. The first-order valence-corrected chi connectivity index (χ1v) is 7.79. The lowest BCUT2D eigenvalue weighted by Gasteiger charge is -2.19. The van der Waals surface area contributed by atoms with Crippen molar-refractivity contribution >= 4 is 11.6 Å².